The fourth-order valence-electron chi connectivity index (χ4n) is 3.70. The van der Waals surface area contributed by atoms with Crippen molar-refractivity contribution in [3.05, 3.63) is 48.3 Å². The van der Waals surface area contributed by atoms with Crippen LogP contribution >= 0.6 is 0 Å². The normalized spacial score (nSPS) is 23.5. The SMILES string of the molecule is CN1C(=O)C(c2cccc(-c3cncc(O)c3)c2)(C2CCC2)N=C1N. The number of amides is 1. The number of likely N-dealkylation sites (N-methyl/N-ethyl adjacent to an activating group) is 1. The summed E-state index contributed by atoms with van der Waals surface area (Å²) in [7, 11) is 1.67. The quantitative estimate of drug-likeness (QED) is 0.899. The molecule has 4 rings (SSSR count). The molecule has 0 radical (unpaired) electrons. The van der Waals surface area contributed by atoms with Crippen LogP contribution in [0.1, 0.15) is 24.8 Å². The van der Waals surface area contributed by atoms with Crippen LogP contribution in [-0.4, -0.2) is 33.9 Å². The van der Waals surface area contributed by atoms with Crippen LogP contribution in [0.5, 0.6) is 5.75 Å². The molecule has 0 saturated heterocycles. The second-order valence-corrected chi connectivity index (χ2v) is 6.74. The molecule has 6 nitrogen and oxygen atoms in total. The van der Waals surface area contributed by atoms with Gasteiger partial charge in [0, 0.05) is 18.8 Å². The Morgan fingerprint density at radius 1 is 1.24 bits per heavy atom. The van der Waals surface area contributed by atoms with Crippen molar-refractivity contribution >= 4 is 11.9 Å². The molecule has 128 valence electrons. The Morgan fingerprint density at radius 3 is 2.64 bits per heavy atom. The molecule has 25 heavy (non-hydrogen) atoms. The van der Waals surface area contributed by atoms with E-state index in [0.717, 1.165) is 36.0 Å². The first-order valence-electron chi connectivity index (χ1n) is 8.41. The summed E-state index contributed by atoms with van der Waals surface area (Å²) < 4.78 is 0. The van der Waals surface area contributed by atoms with Crippen LogP contribution in [0.3, 0.4) is 0 Å². The predicted molar refractivity (Wildman–Crippen MR) is 94.7 cm³/mol. The smallest absolute Gasteiger partial charge is 0.261 e. The van der Waals surface area contributed by atoms with Crippen LogP contribution in [0, 0.1) is 5.92 Å². The van der Waals surface area contributed by atoms with Gasteiger partial charge in [-0.25, -0.2) is 4.99 Å². The number of hydrogen-bond donors (Lipinski definition) is 2. The number of aliphatic imine (C=N–C) groups is 1. The molecule has 3 N–H and O–H groups in total. The Labute approximate surface area is 146 Å². The van der Waals surface area contributed by atoms with E-state index in [9.17, 15) is 9.90 Å². The summed E-state index contributed by atoms with van der Waals surface area (Å²) >= 11 is 0. The molecule has 2 heterocycles. The lowest BCUT2D eigenvalue weighted by atomic mass is 9.67. The van der Waals surface area contributed by atoms with Crippen LogP contribution in [0.2, 0.25) is 0 Å². The van der Waals surface area contributed by atoms with Gasteiger partial charge in [-0.15, -0.1) is 0 Å². The van der Waals surface area contributed by atoms with Crippen molar-refractivity contribution in [2.75, 3.05) is 7.05 Å². The fraction of sp³-hybridized carbons (Fsp3) is 0.316. The molecule has 1 aromatic carbocycles. The average molecular weight is 336 g/mol. The number of aromatic nitrogens is 1. The first kappa shape index (κ1) is 15.6. The Bertz CT molecular complexity index is 875. The van der Waals surface area contributed by atoms with E-state index in [4.69, 9.17) is 5.73 Å². The maximum atomic E-state index is 13.1. The van der Waals surface area contributed by atoms with Crippen LogP contribution in [0.4, 0.5) is 0 Å². The molecule has 2 aliphatic rings. The maximum absolute atomic E-state index is 13.1. The third-order valence-electron chi connectivity index (χ3n) is 5.32. The third kappa shape index (κ3) is 2.28. The lowest BCUT2D eigenvalue weighted by molar-refractivity contribution is -0.133. The zero-order valence-electron chi connectivity index (χ0n) is 14.0. The highest BCUT2D eigenvalue weighted by atomic mass is 16.3. The molecule has 0 bridgehead atoms. The predicted octanol–water partition coefficient (Wildman–Crippen LogP) is 2.24. The number of hydrogen-bond acceptors (Lipinski definition) is 5. The van der Waals surface area contributed by atoms with E-state index in [1.807, 2.05) is 24.3 Å². The molecule has 1 amide bonds. The number of aromatic hydroxyl groups is 1. The highest BCUT2D eigenvalue weighted by Gasteiger charge is 2.54. The van der Waals surface area contributed by atoms with Gasteiger partial charge in [-0.3, -0.25) is 14.7 Å². The summed E-state index contributed by atoms with van der Waals surface area (Å²) in [5, 5.41) is 9.69. The summed E-state index contributed by atoms with van der Waals surface area (Å²) in [6.45, 7) is 0. The number of nitrogens with zero attached hydrogens (tertiary/aromatic N) is 3. The van der Waals surface area contributed by atoms with Gasteiger partial charge in [0.2, 0.25) is 0 Å². The van der Waals surface area contributed by atoms with E-state index in [2.05, 4.69) is 9.98 Å². The second kappa shape index (κ2) is 5.58. The molecule has 1 unspecified atom stereocenters. The van der Waals surface area contributed by atoms with Crippen molar-refractivity contribution in [1.82, 2.24) is 9.88 Å². The highest BCUT2D eigenvalue weighted by Crippen LogP contribution is 2.48. The zero-order chi connectivity index (χ0) is 17.6. The van der Waals surface area contributed by atoms with Crippen molar-refractivity contribution < 1.29 is 9.90 Å². The largest absolute Gasteiger partial charge is 0.506 e. The Hall–Kier alpha value is -2.89. The van der Waals surface area contributed by atoms with Crippen LogP contribution in [0.25, 0.3) is 11.1 Å². The van der Waals surface area contributed by atoms with Crippen molar-refractivity contribution in [2.24, 2.45) is 16.6 Å². The number of pyridine rings is 1. The van der Waals surface area contributed by atoms with E-state index < -0.39 is 5.54 Å². The Balaban J connectivity index is 1.84. The lowest BCUT2D eigenvalue weighted by Crippen LogP contribution is -2.47. The first-order valence-corrected chi connectivity index (χ1v) is 8.41. The minimum absolute atomic E-state index is 0.0686. The number of guanidine groups is 1. The molecule has 1 saturated carbocycles. The number of benzene rings is 1. The molecule has 6 heteroatoms. The average Bonchev–Trinajstić information content (AvgIpc) is 2.79. The Kier molecular flexibility index (Phi) is 3.49. The summed E-state index contributed by atoms with van der Waals surface area (Å²) in [5.74, 6) is 0.471. The molecular weight excluding hydrogens is 316 g/mol. The van der Waals surface area contributed by atoms with Gasteiger partial charge in [-0.2, -0.15) is 0 Å². The molecule has 1 fully saturated rings. The van der Waals surface area contributed by atoms with E-state index in [0.29, 0.717) is 0 Å². The fourth-order valence-corrected chi connectivity index (χ4v) is 3.70. The molecule has 1 aromatic heterocycles. The van der Waals surface area contributed by atoms with E-state index in [-0.39, 0.29) is 23.5 Å². The second-order valence-electron chi connectivity index (χ2n) is 6.74. The lowest BCUT2D eigenvalue weighted by Gasteiger charge is -2.39. The minimum Gasteiger partial charge on any atom is -0.506 e. The van der Waals surface area contributed by atoms with Gasteiger partial charge in [0.15, 0.2) is 11.5 Å². The number of nitrogens with two attached hydrogens (primary N) is 1. The Morgan fingerprint density at radius 2 is 2.04 bits per heavy atom. The highest BCUT2D eigenvalue weighted by molar-refractivity contribution is 6.07. The van der Waals surface area contributed by atoms with Gasteiger partial charge in [-0.05, 0) is 42.0 Å². The van der Waals surface area contributed by atoms with Gasteiger partial charge in [-0.1, -0.05) is 24.6 Å². The van der Waals surface area contributed by atoms with Crippen molar-refractivity contribution in [3.8, 4) is 16.9 Å². The maximum Gasteiger partial charge on any atom is 0.261 e. The standard InChI is InChI=1S/C19H20N4O2/c1-23-17(25)19(22-18(23)20,14-5-3-6-14)15-7-2-4-12(8-15)13-9-16(24)11-21-10-13/h2,4,7-11,14,24H,3,5-6H2,1H3,(H2,20,22). The summed E-state index contributed by atoms with van der Waals surface area (Å²) in [6, 6.07) is 9.40. The molecule has 0 spiro atoms. The van der Waals surface area contributed by atoms with Gasteiger partial charge in [0.25, 0.3) is 5.91 Å². The van der Waals surface area contributed by atoms with Gasteiger partial charge >= 0.3 is 0 Å². The number of carbonyl (C=O) groups is 1. The van der Waals surface area contributed by atoms with Crippen molar-refractivity contribution in [1.29, 1.82) is 0 Å². The van der Waals surface area contributed by atoms with Crippen LogP contribution < -0.4 is 5.73 Å². The first-order chi connectivity index (χ1) is 12.0. The van der Waals surface area contributed by atoms with Crippen LogP contribution in [0.15, 0.2) is 47.7 Å². The number of rotatable bonds is 3. The molecule has 1 aliphatic carbocycles. The molecule has 1 aliphatic heterocycles. The molecule has 2 aromatic rings. The van der Waals surface area contributed by atoms with E-state index in [1.165, 1.54) is 11.1 Å². The van der Waals surface area contributed by atoms with Gasteiger partial charge in [0.1, 0.15) is 5.75 Å². The summed E-state index contributed by atoms with van der Waals surface area (Å²) in [6.07, 6.45) is 6.12. The summed E-state index contributed by atoms with van der Waals surface area (Å²) in [4.78, 5) is 23.2. The van der Waals surface area contributed by atoms with E-state index >= 15 is 0 Å². The number of carbonyl (C=O) groups excluding carboxylic acids is 1. The van der Waals surface area contributed by atoms with Gasteiger partial charge < -0.3 is 10.8 Å². The molecular formula is C19H20N4O2. The van der Waals surface area contributed by atoms with Crippen molar-refractivity contribution in [2.45, 2.75) is 24.8 Å². The van der Waals surface area contributed by atoms with Gasteiger partial charge in [0.05, 0.1) is 6.20 Å². The van der Waals surface area contributed by atoms with Crippen LogP contribution in [-0.2, 0) is 10.3 Å². The monoisotopic (exact) mass is 336 g/mol. The summed E-state index contributed by atoms with van der Waals surface area (Å²) in [5.41, 5.74) is 7.57. The zero-order valence-corrected chi connectivity index (χ0v) is 14.0. The molecule has 1 atom stereocenters. The third-order valence-corrected chi connectivity index (χ3v) is 5.32. The topological polar surface area (TPSA) is 91.8 Å². The van der Waals surface area contributed by atoms with Crippen molar-refractivity contribution in [3.63, 3.8) is 0 Å². The minimum atomic E-state index is -0.933. The van der Waals surface area contributed by atoms with E-state index in [1.54, 1.807) is 19.3 Å².